The number of piperidine rings is 1. The number of likely N-dealkylation sites (tertiary alicyclic amines) is 1. The normalized spacial score (nSPS) is 17.3. The Labute approximate surface area is 131 Å². The second-order valence-electron chi connectivity index (χ2n) is 6.16. The Morgan fingerprint density at radius 1 is 1.38 bits per heavy atom. The Bertz CT molecular complexity index is 496. The molecule has 1 aliphatic rings. The molecule has 0 atom stereocenters. The van der Waals surface area contributed by atoms with Crippen molar-refractivity contribution in [3.8, 4) is 0 Å². The van der Waals surface area contributed by atoms with Gasteiger partial charge in [0, 0.05) is 18.7 Å². The van der Waals surface area contributed by atoms with Crippen molar-refractivity contribution >= 4 is 17.2 Å². The lowest BCUT2D eigenvalue weighted by molar-refractivity contribution is 0.157. The van der Waals surface area contributed by atoms with E-state index in [1.165, 1.54) is 18.9 Å². The van der Waals surface area contributed by atoms with Crippen molar-refractivity contribution in [3.05, 3.63) is 35.1 Å². The van der Waals surface area contributed by atoms with E-state index in [4.69, 9.17) is 18.0 Å². The molecule has 0 saturated carbocycles. The van der Waals surface area contributed by atoms with Gasteiger partial charge in [0.05, 0.1) is 0 Å². The monoisotopic (exact) mass is 309 g/mol. The van der Waals surface area contributed by atoms with E-state index in [9.17, 15) is 4.39 Å². The van der Waals surface area contributed by atoms with Gasteiger partial charge in [0.1, 0.15) is 10.8 Å². The van der Waals surface area contributed by atoms with Crippen molar-refractivity contribution in [1.82, 2.24) is 9.80 Å². The second kappa shape index (κ2) is 7.29. The van der Waals surface area contributed by atoms with E-state index in [1.807, 2.05) is 6.07 Å². The van der Waals surface area contributed by atoms with Crippen LogP contribution < -0.4 is 5.73 Å². The van der Waals surface area contributed by atoms with Crippen LogP contribution in [0.3, 0.4) is 0 Å². The average Bonchev–Trinajstić information content (AvgIpc) is 2.42. The number of thiocarbonyl (C=S) groups is 1. The maximum Gasteiger partial charge on any atom is 0.133 e. The summed E-state index contributed by atoms with van der Waals surface area (Å²) in [5, 5.41) is 0. The van der Waals surface area contributed by atoms with Crippen molar-refractivity contribution in [1.29, 1.82) is 0 Å². The number of hydrogen-bond acceptors (Lipinski definition) is 3. The van der Waals surface area contributed by atoms with E-state index in [0.717, 1.165) is 37.7 Å². The zero-order chi connectivity index (χ0) is 15.4. The van der Waals surface area contributed by atoms with Crippen molar-refractivity contribution in [2.75, 3.05) is 33.7 Å². The van der Waals surface area contributed by atoms with Gasteiger partial charge in [-0.05, 0) is 63.6 Å². The third-order valence-electron chi connectivity index (χ3n) is 4.03. The highest BCUT2D eigenvalue weighted by Crippen LogP contribution is 2.20. The smallest absolute Gasteiger partial charge is 0.133 e. The van der Waals surface area contributed by atoms with Gasteiger partial charge in [0.15, 0.2) is 0 Å². The van der Waals surface area contributed by atoms with Crippen LogP contribution in [-0.2, 0) is 6.54 Å². The van der Waals surface area contributed by atoms with Crippen LogP contribution in [0.5, 0.6) is 0 Å². The minimum atomic E-state index is -0.337. The third kappa shape index (κ3) is 4.73. The molecule has 1 aromatic carbocycles. The molecule has 0 aromatic heterocycles. The lowest BCUT2D eigenvalue weighted by Gasteiger charge is -2.33. The Hall–Kier alpha value is -1.04. The van der Waals surface area contributed by atoms with Gasteiger partial charge in [-0.3, -0.25) is 4.90 Å². The molecule has 0 bridgehead atoms. The topological polar surface area (TPSA) is 32.5 Å². The molecule has 1 saturated heterocycles. The van der Waals surface area contributed by atoms with Crippen LogP contribution in [0.15, 0.2) is 18.2 Å². The predicted octanol–water partition coefficient (Wildman–Crippen LogP) is 2.23. The molecule has 21 heavy (non-hydrogen) atoms. The molecule has 1 aliphatic heterocycles. The van der Waals surface area contributed by atoms with Crippen LogP contribution in [0.2, 0.25) is 0 Å². The van der Waals surface area contributed by atoms with E-state index < -0.39 is 0 Å². The van der Waals surface area contributed by atoms with Crippen LogP contribution >= 0.6 is 12.2 Å². The predicted molar refractivity (Wildman–Crippen MR) is 88.8 cm³/mol. The quantitative estimate of drug-likeness (QED) is 0.846. The Morgan fingerprint density at radius 3 is 2.62 bits per heavy atom. The first-order valence-electron chi connectivity index (χ1n) is 7.41. The molecule has 1 heterocycles. The van der Waals surface area contributed by atoms with Gasteiger partial charge >= 0.3 is 0 Å². The van der Waals surface area contributed by atoms with Gasteiger partial charge in [-0.15, -0.1) is 0 Å². The lowest BCUT2D eigenvalue weighted by atomic mass is 9.96. The fourth-order valence-electron chi connectivity index (χ4n) is 2.96. The largest absolute Gasteiger partial charge is 0.389 e. The van der Waals surface area contributed by atoms with Crippen LogP contribution in [0, 0.1) is 11.7 Å². The van der Waals surface area contributed by atoms with Gasteiger partial charge in [0.25, 0.3) is 0 Å². The summed E-state index contributed by atoms with van der Waals surface area (Å²) in [7, 11) is 4.25. The molecule has 1 fully saturated rings. The molecule has 116 valence electrons. The molecule has 1 aromatic rings. The highest BCUT2D eigenvalue weighted by molar-refractivity contribution is 7.80. The molecule has 0 aliphatic carbocycles. The first-order valence-corrected chi connectivity index (χ1v) is 7.82. The summed E-state index contributed by atoms with van der Waals surface area (Å²) in [5.41, 5.74) is 6.98. The first kappa shape index (κ1) is 16.3. The molecule has 3 nitrogen and oxygen atoms in total. The lowest BCUT2D eigenvalue weighted by Crippen LogP contribution is -2.36. The maximum atomic E-state index is 13.6. The number of halogens is 1. The number of nitrogens with two attached hydrogens (primary N) is 1. The summed E-state index contributed by atoms with van der Waals surface area (Å²) in [5.74, 6) is 0.451. The van der Waals surface area contributed by atoms with Crippen LogP contribution in [0.4, 0.5) is 4.39 Å². The molecular formula is C16H24FN3S. The molecule has 0 radical (unpaired) electrons. The van der Waals surface area contributed by atoms with Gasteiger partial charge in [0.2, 0.25) is 0 Å². The van der Waals surface area contributed by atoms with Gasteiger partial charge in [-0.2, -0.15) is 0 Å². The molecule has 0 amide bonds. The minimum Gasteiger partial charge on any atom is -0.389 e. The van der Waals surface area contributed by atoms with E-state index in [-0.39, 0.29) is 10.8 Å². The average molecular weight is 309 g/mol. The highest BCUT2D eigenvalue weighted by Gasteiger charge is 2.20. The highest BCUT2D eigenvalue weighted by atomic mass is 32.1. The Kier molecular flexibility index (Phi) is 5.67. The summed E-state index contributed by atoms with van der Waals surface area (Å²) >= 11 is 4.89. The van der Waals surface area contributed by atoms with Crippen molar-refractivity contribution in [2.45, 2.75) is 19.4 Å². The Morgan fingerprint density at radius 2 is 2.05 bits per heavy atom. The number of nitrogens with zero attached hydrogens (tertiary/aromatic N) is 2. The van der Waals surface area contributed by atoms with Crippen LogP contribution in [-0.4, -0.2) is 48.5 Å². The van der Waals surface area contributed by atoms with Crippen LogP contribution in [0.1, 0.15) is 24.0 Å². The summed E-state index contributed by atoms with van der Waals surface area (Å²) in [4.78, 5) is 4.80. The molecule has 0 spiro atoms. The van der Waals surface area contributed by atoms with Crippen LogP contribution in [0.25, 0.3) is 0 Å². The zero-order valence-electron chi connectivity index (χ0n) is 12.8. The summed E-state index contributed by atoms with van der Waals surface area (Å²) in [6.07, 6.45) is 2.45. The number of rotatable bonds is 5. The molecule has 0 unspecified atom stereocenters. The zero-order valence-corrected chi connectivity index (χ0v) is 13.6. The van der Waals surface area contributed by atoms with Gasteiger partial charge in [-0.1, -0.05) is 18.3 Å². The maximum absolute atomic E-state index is 13.6. The van der Waals surface area contributed by atoms with E-state index in [1.54, 1.807) is 6.07 Å². The Balaban J connectivity index is 1.92. The van der Waals surface area contributed by atoms with Gasteiger partial charge < -0.3 is 10.6 Å². The summed E-state index contributed by atoms with van der Waals surface area (Å²) in [6, 6.07) is 5.06. The van der Waals surface area contributed by atoms with Crippen molar-refractivity contribution in [3.63, 3.8) is 0 Å². The van der Waals surface area contributed by atoms with Crippen molar-refractivity contribution in [2.24, 2.45) is 11.7 Å². The number of hydrogen-bond donors (Lipinski definition) is 1. The fourth-order valence-corrected chi connectivity index (χ4v) is 3.12. The summed E-state index contributed by atoms with van der Waals surface area (Å²) < 4.78 is 13.6. The molecule has 5 heteroatoms. The molecular weight excluding hydrogens is 285 g/mol. The van der Waals surface area contributed by atoms with Crippen molar-refractivity contribution < 1.29 is 4.39 Å². The van der Waals surface area contributed by atoms with E-state index in [2.05, 4.69) is 23.9 Å². The minimum absolute atomic E-state index is 0.124. The molecule has 2 N–H and O–H groups in total. The SMILES string of the molecule is CN(C)CC1CCN(Cc2ccc(F)c(C(N)=S)c2)CC1. The standard InChI is InChI=1S/C16H24FN3S/c1-19(2)10-12-5-7-20(8-6-12)11-13-3-4-15(17)14(9-13)16(18)21/h3-4,9,12H,5-8,10-11H2,1-2H3,(H2,18,21). The number of benzene rings is 1. The fraction of sp³-hybridized carbons (Fsp3) is 0.562. The third-order valence-corrected chi connectivity index (χ3v) is 4.25. The molecule has 2 rings (SSSR count). The summed E-state index contributed by atoms with van der Waals surface area (Å²) in [6.45, 7) is 4.19. The van der Waals surface area contributed by atoms with E-state index >= 15 is 0 Å². The van der Waals surface area contributed by atoms with E-state index in [0.29, 0.717) is 5.56 Å². The second-order valence-corrected chi connectivity index (χ2v) is 6.60. The first-order chi connectivity index (χ1) is 9.95. The van der Waals surface area contributed by atoms with Gasteiger partial charge in [-0.25, -0.2) is 4.39 Å².